The first kappa shape index (κ1) is 20.0. The molecule has 0 radical (unpaired) electrons. The van der Waals surface area contributed by atoms with Gasteiger partial charge in [-0.25, -0.2) is 4.98 Å². The highest BCUT2D eigenvalue weighted by Crippen LogP contribution is 2.31. The predicted molar refractivity (Wildman–Crippen MR) is 114 cm³/mol. The summed E-state index contributed by atoms with van der Waals surface area (Å²) < 4.78 is 7.39. The molecular weight excluding hydrogens is 370 g/mol. The summed E-state index contributed by atoms with van der Waals surface area (Å²) in [7, 11) is 1.66. The van der Waals surface area contributed by atoms with Gasteiger partial charge in [0.2, 0.25) is 5.91 Å². The molecule has 0 aliphatic rings. The van der Waals surface area contributed by atoms with Gasteiger partial charge in [-0.2, -0.15) is 0 Å². The zero-order valence-electron chi connectivity index (χ0n) is 16.6. The second-order valence-corrected chi connectivity index (χ2v) is 7.73. The molecule has 0 saturated heterocycles. The van der Waals surface area contributed by atoms with Crippen molar-refractivity contribution in [2.45, 2.75) is 32.0 Å². The molecular formula is C22H25N3O2S. The quantitative estimate of drug-likeness (QED) is 0.600. The minimum Gasteiger partial charge on any atom is -0.497 e. The van der Waals surface area contributed by atoms with E-state index in [2.05, 4.69) is 33.9 Å². The second kappa shape index (κ2) is 8.97. The van der Waals surface area contributed by atoms with Crippen LogP contribution in [0.5, 0.6) is 5.75 Å². The molecule has 2 aromatic carbocycles. The van der Waals surface area contributed by atoms with Crippen LogP contribution in [0.25, 0.3) is 16.9 Å². The SMILES string of the molecule is COc1ccc(-c2cnc(SCC(=O)NC(C)C)n2-c2ccccc2C)cc1. The summed E-state index contributed by atoms with van der Waals surface area (Å²) in [6.07, 6.45) is 1.86. The summed E-state index contributed by atoms with van der Waals surface area (Å²) in [5, 5.41) is 3.71. The van der Waals surface area contributed by atoms with Crippen LogP contribution in [0.3, 0.4) is 0 Å². The van der Waals surface area contributed by atoms with Crippen molar-refractivity contribution in [3.05, 3.63) is 60.3 Å². The Hall–Kier alpha value is -2.73. The Morgan fingerprint density at radius 2 is 1.89 bits per heavy atom. The largest absolute Gasteiger partial charge is 0.497 e. The van der Waals surface area contributed by atoms with Gasteiger partial charge < -0.3 is 10.1 Å². The van der Waals surface area contributed by atoms with Crippen LogP contribution in [0, 0.1) is 6.92 Å². The molecule has 1 aromatic heterocycles. The molecule has 28 heavy (non-hydrogen) atoms. The van der Waals surface area contributed by atoms with Crippen molar-refractivity contribution >= 4 is 17.7 Å². The molecule has 0 fully saturated rings. The highest BCUT2D eigenvalue weighted by molar-refractivity contribution is 7.99. The van der Waals surface area contributed by atoms with E-state index in [4.69, 9.17) is 4.74 Å². The number of nitrogens with zero attached hydrogens (tertiary/aromatic N) is 2. The number of nitrogens with one attached hydrogen (secondary N) is 1. The minimum atomic E-state index is 0.00494. The van der Waals surface area contributed by atoms with Crippen molar-refractivity contribution in [1.29, 1.82) is 0 Å². The summed E-state index contributed by atoms with van der Waals surface area (Å²) in [5.74, 6) is 1.14. The van der Waals surface area contributed by atoms with E-state index in [9.17, 15) is 4.79 Å². The van der Waals surface area contributed by atoms with Gasteiger partial charge in [0.25, 0.3) is 0 Å². The number of carbonyl (C=O) groups excluding carboxylic acids is 1. The molecule has 0 atom stereocenters. The summed E-state index contributed by atoms with van der Waals surface area (Å²) in [5.41, 5.74) is 4.21. The average molecular weight is 396 g/mol. The standard InChI is InChI=1S/C22H25N3O2S/c1-15(2)24-21(26)14-28-22-23-13-20(17-9-11-18(27-4)12-10-17)25(22)19-8-6-5-7-16(19)3/h5-13,15H,14H2,1-4H3,(H,24,26). The van der Waals surface area contributed by atoms with Crippen LogP contribution in [0.1, 0.15) is 19.4 Å². The van der Waals surface area contributed by atoms with Crippen molar-refractivity contribution < 1.29 is 9.53 Å². The number of hydrogen-bond donors (Lipinski definition) is 1. The first-order valence-electron chi connectivity index (χ1n) is 9.20. The van der Waals surface area contributed by atoms with E-state index in [1.165, 1.54) is 11.8 Å². The van der Waals surface area contributed by atoms with E-state index in [1.807, 2.05) is 56.4 Å². The lowest BCUT2D eigenvalue weighted by atomic mass is 10.1. The Kier molecular flexibility index (Phi) is 6.41. The lowest BCUT2D eigenvalue weighted by Gasteiger charge is -2.15. The lowest BCUT2D eigenvalue weighted by molar-refractivity contribution is -0.119. The number of methoxy groups -OCH3 is 1. The van der Waals surface area contributed by atoms with Crippen LogP contribution in [-0.4, -0.2) is 34.4 Å². The zero-order chi connectivity index (χ0) is 20.1. The van der Waals surface area contributed by atoms with Gasteiger partial charge in [0.1, 0.15) is 5.75 Å². The Morgan fingerprint density at radius 3 is 2.54 bits per heavy atom. The van der Waals surface area contributed by atoms with Crippen LogP contribution >= 0.6 is 11.8 Å². The Bertz CT molecular complexity index is 949. The Labute approximate surface area is 170 Å². The van der Waals surface area contributed by atoms with Crippen molar-refractivity contribution in [1.82, 2.24) is 14.9 Å². The van der Waals surface area contributed by atoms with Crippen LogP contribution in [0.2, 0.25) is 0 Å². The highest BCUT2D eigenvalue weighted by Gasteiger charge is 2.17. The zero-order valence-corrected chi connectivity index (χ0v) is 17.4. The number of hydrogen-bond acceptors (Lipinski definition) is 4. The van der Waals surface area contributed by atoms with Gasteiger partial charge in [0.05, 0.1) is 30.4 Å². The third-order valence-corrected chi connectivity index (χ3v) is 5.21. The van der Waals surface area contributed by atoms with Crippen LogP contribution in [-0.2, 0) is 4.79 Å². The minimum absolute atomic E-state index is 0.00494. The molecule has 3 rings (SSSR count). The van der Waals surface area contributed by atoms with Gasteiger partial charge in [-0.05, 0) is 56.7 Å². The van der Waals surface area contributed by atoms with E-state index in [-0.39, 0.29) is 11.9 Å². The number of rotatable bonds is 7. The molecule has 0 spiro atoms. The fraction of sp³-hybridized carbons (Fsp3) is 0.273. The summed E-state index contributed by atoms with van der Waals surface area (Å²) in [6, 6.07) is 16.2. The molecule has 146 valence electrons. The maximum atomic E-state index is 12.1. The molecule has 0 saturated carbocycles. The average Bonchev–Trinajstić information content (AvgIpc) is 3.10. The van der Waals surface area contributed by atoms with Crippen molar-refractivity contribution in [2.75, 3.05) is 12.9 Å². The van der Waals surface area contributed by atoms with Gasteiger partial charge in [-0.3, -0.25) is 9.36 Å². The van der Waals surface area contributed by atoms with Crippen molar-refractivity contribution in [2.24, 2.45) is 0 Å². The maximum absolute atomic E-state index is 12.1. The number of aryl methyl sites for hydroxylation is 1. The summed E-state index contributed by atoms with van der Waals surface area (Å²) >= 11 is 1.44. The van der Waals surface area contributed by atoms with Gasteiger partial charge in [0, 0.05) is 11.6 Å². The third kappa shape index (κ3) is 4.57. The van der Waals surface area contributed by atoms with E-state index in [0.717, 1.165) is 33.4 Å². The second-order valence-electron chi connectivity index (χ2n) is 6.79. The van der Waals surface area contributed by atoms with Crippen molar-refractivity contribution in [3.8, 4) is 22.7 Å². The third-order valence-electron chi connectivity index (χ3n) is 4.25. The number of ether oxygens (including phenoxy) is 1. The number of thioether (sulfide) groups is 1. The number of amides is 1. The number of benzene rings is 2. The molecule has 0 aliphatic carbocycles. The normalized spacial score (nSPS) is 10.9. The highest BCUT2D eigenvalue weighted by atomic mass is 32.2. The van der Waals surface area contributed by atoms with Gasteiger partial charge in [-0.1, -0.05) is 30.0 Å². The van der Waals surface area contributed by atoms with Gasteiger partial charge >= 0.3 is 0 Å². The number of carbonyl (C=O) groups is 1. The van der Waals surface area contributed by atoms with E-state index >= 15 is 0 Å². The predicted octanol–water partition coefficient (Wildman–Crippen LogP) is 4.47. The van der Waals surface area contributed by atoms with Gasteiger partial charge in [0.15, 0.2) is 5.16 Å². The molecule has 0 bridgehead atoms. The maximum Gasteiger partial charge on any atom is 0.230 e. The fourth-order valence-electron chi connectivity index (χ4n) is 2.94. The van der Waals surface area contributed by atoms with E-state index < -0.39 is 0 Å². The molecule has 5 nitrogen and oxygen atoms in total. The number of para-hydroxylation sites is 1. The molecule has 1 amide bonds. The Morgan fingerprint density at radius 1 is 1.18 bits per heavy atom. The molecule has 0 aliphatic heterocycles. The van der Waals surface area contributed by atoms with E-state index in [0.29, 0.717) is 5.75 Å². The molecule has 1 heterocycles. The summed E-state index contributed by atoms with van der Waals surface area (Å²) in [6.45, 7) is 5.99. The van der Waals surface area contributed by atoms with Crippen LogP contribution in [0.4, 0.5) is 0 Å². The number of aromatic nitrogens is 2. The Balaban J connectivity index is 1.99. The number of imidazole rings is 1. The molecule has 3 aromatic rings. The van der Waals surface area contributed by atoms with Crippen LogP contribution < -0.4 is 10.1 Å². The monoisotopic (exact) mass is 395 g/mol. The topological polar surface area (TPSA) is 56.1 Å². The van der Waals surface area contributed by atoms with Gasteiger partial charge in [-0.15, -0.1) is 0 Å². The van der Waals surface area contributed by atoms with Crippen molar-refractivity contribution in [3.63, 3.8) is 0 Å². The summed E-state index contributed by atoms with van der Waals surface area (Å²) in [4.78, 5) is 16.7. The molecule has 6 heteroatoms. The lowest BCUT2D eigenvalue weighted by Crippen LogP contribution is -2.31. The first-order chi connectivity index (χ1) is 13.5. The molecule has 1 N–H and O–H groups in total. The van der Waals surface area contributed by atoms with E-state index in [1.54, 1.807) is 7.11 Å². The first-order valence-corrected chi connectivity index (χ1v) is 10.2. The fourth-order valence-corrected chi connectivity index (χ4v) is 3.74. The van der Waals surface area contributed by atoms with Crippen LogP contribution in [0.15, 0.2) is 59.9 Å². The smallest absolute Gasteiger partial charge is 0.230 e. The molecule has 0 unspecified atom stereocenters.